The number of aromatic nitrogens is 2. The van der Waals surface area contributed by atoms with Gasteiger partial charge in [0, 0.05) is 24.7 Å². The molecule has 1 aromatic carbocycles. The zero-order valence-corrected chi connectivity index (χ0v) is 12.5. The van der Waals surface area contributed by atoms with Crippen LogP contribution in [-0.4, -0.2) is 46.1 Å². The molecule has 2 aromatic rings. The number of nitrogens with zero attached hydrogens (tertiary/aromatic N) is 4. The molecule has 3 heterocycles. The van der Waals surface area contributed by atoms with E-state index in [2.05, 4.69) is 10.1 Å². The molecule has 2 aliphatic rings. The number of benzene rings is 1. The molecule has 2 fully saturated rings. The summed E-state index contributed by atoms with van der Waals surface area (Å²) in [5, 5.41) is 4.08. The molecule has 22 heavy (non-hydrogen) atoms. The van der Waals surface area contributed by atoms with Crippen LogP contribution in [0.2, 0.25) is 0 Å². The molecular formula is C16H18N4O2. The first-order valence-corrected chi connectivity index (χ1v) is 7.70. The summed E-state index contributed by atoms with van der Waals surface area (Å²) in [6, 6.07) is 9.71. The van der Waals surface area contributed by atoms with Crippen molar-refractivity contribution >= 4 is 11.9 Å². The maximum Gasteiger partial charge on any atom is 0.267 e. The fraction of sp³-hybridized carbons (Fsp3) is 0.438. The fourth-order valence-corrected chi connectivity index (χ4v) is 3.36. The number of carbonyl (C=O) groups excluding carboxylic acids is 1. The van der Waals surface area contributed by atoms with E-state index >= 15 is 0 Å². The van der Waals surface area contributed by atoms with Crippen LogP contribution in [0.25, 0.3) is 11.5 Å². The van der Waals surface area contributed by atoms with E-state index < -0.39 is 0 Å². The van der Waals surface area contributed by atoms with Crippen LogP contribution < -0.4 is 4.90 Å². The molecule has 2 aliphatic heterocycles. The number of rotatable bonds is 2. The third-order valence-corrected chi connectivity index (χ3v) is 4.59. The van der Waals surface area contributed by atoms with Crippen molar-refractivity contribution in [2.24, 2.45) is 0 Å². The zero-order valence-electron chi connectivity index (χ0n) is 12.5. The van der Waals surface area contributed by atoms with Crippen LogP contribution >= 0.6 is 0 Å². The quantitative estimate of drug-likeness (QED) is 0.848. The molecule has 6 nitrogen and oxygen atoms in total. The molecular weight excluding hydrogens is 280 g/mol. The van der Waals surface area contributed by atoms with E-state index in [4.69, 9.17) is 4.52 Å². The predicted octanol–water partition coefficient (Wildman–Crippen LogP) is 1.94. The highest BCUT2D eigenvalue weighted by atomic mass is 16.5. The smallest absolute Gasteiger partial charge is 0.267 e. The van der Waals surface area contributed by atoms with Crippen molar-refractivity contribution in [1.82, 2.24) is 15.0 Å². The summed E-state index contributed by atoms with van der Waals surface area (Å²) >= 11 is 0. The van der Waals surface area contributed by atoms with Crippen molar-refractivity contribution in [2.75, 3.05) is 18.0 Å². The van der Waals surface area contributed by atoms with E-state index in [1.165, 1.54) is 0 Å². The first-order valence-electron chi connectivity index (χ1n) is 7.70. The van der Waals surface area contributed by atoms with Gasteiger partial charge in [-0.25, -0.2) is 0 Å². The molecule has 114 valence electrons. The van der Waals surface area contributed by atoms with Gasteiger partial charge in [-0.1, -0.05) is 18.2 Å². The van der Waals surface area contributed by atoms with Crippen molar-refractivity contribution in [1.29, 1.82) is 0 Å². The normalized spacial score (nSPS) is 24.7. The zero-order chi connectivity index (χ0) is 15.1. The summed E-state index contributed by atoms with van der Waals surface area (Å²) in [4.78, 5) is 20.9. The van der Waals surface area contributed by atoms with Gasteiger partial charge in [0.25, 0.3) is 11.8 Å². The molecule has 0 saturated carbocycles. The average Bonchev–Trinajstić information content (AvgIpc) is 3.20. The van der Waals surface area contributed by atoms with Gasteiger partial charge in [-0.15, -0.1) is 0 Å². The SMILES string of the molecule is C[C@H]1C(=O)N2CCC[C@H]2CN1c1noc(-c2ccccc2)n1. The number of carbonyl (C=O) groups is 1. The Kier molecular flexibility index (Phi) is 3.10. The van der Waals surface area contributed by atoms with Gasteiger partial charge in [0.05, 0.1) is 0 Å². The van der Waals surface area contributed by atoms with Crippen molar-refractivity contribution in [3.05, 3.63) is 30.3 Å². The minimum Gasteiger partial charge on any atom is -0.336 e. The van der Waals surface area contributed by atoms with Gasteiger partial charge in [0.15, 0.2) is 0 Å². The molecule has 2 atom stereocenters. The average molecular weight is 298 g/mol. The second-order valence-electron chi connectivity index (χ2n) is 5.92. The molecule has 0 unspecified atom stereocenters. The van der Waals surface area contributed by atoms with Crippen molar-refractivity contribution in [2.45, 2.75) is 31.8 Å². The van der Waals surface area contributed by atoms with E-state index in [1.54, 1.807) is 0 Å². The Morgan fingerprint density at radius 1 is 1.23 bits per heavy atom. The molecule has 0 bridgehead atoms. The summed E-state index contributed by atoms with van der Waals surface area (Å²) in [6.45, 7) is 3.57. The third-order valence-electron chi connectivity index (χ3n) is 4.59. The summed E-state index contributed by atoms with van der Waals surface area (Å²) in [7, 11) is 0. The first kappa shape index (κ1) is 13.3. The standard InChI is InChI=1S/C16H18N4O2/c1-11-15(21)19-9-5-8-13(19)10-20(11)16-17-14(22-18-16)12-6-3-2-4-7-12/h2-4,6-7,11,13H,5,8-10H2,1H3/t11-,13-/m0/s1. The summed E-state index contributed by atoms with van der Waals surface area (Å²) < 4.78 is 5.37. The number of fused-ring (bicyclic) bond motifs is 1. The number of piperazine rings is 1. The van der Waals surface area contributed by atoms with Crippen LogP contribution in [0.3, 0.4) is 0 Å². The van der Waals surface area contributed by atoms with Crippen LogP contribution in [0.15, 0.2) is 34.9 Å². The lowest BCUT2D eigenvalue weighted by molar-refractivity contribution is -0.134. The van der Waals surface area contributed by atoms with Gasteiger partial charge in [-0.3, -0.25) is 4.79 Å². The number of hydrogen-bond acceptors (Lipinski definition) is 5. The van der Waals surface area contributed by atoms with Gasteiger partial charge in [-0.2, -0.15) is 4.98 Å². The molecule has 2 saturated heterocycles. The Labute approximate surface area is 128 Å². The van der Waals surface area contributed by atoms with Crippen molar-refractivity contribution in [3.63, 3.8) is 0 Å². The minimum absolute atomic E-state index is 0.166. The van der Waals surface area contributed by atoms with E-state index in [0.29, 0.717) is 11.8 Å². The highest BCUT2D eigenvalue weighted by Gasteiger charge is 2.41. The maximum atomic E-state index is 12.5. The Morgan fingerprint density at radius 2 is 2.05 bits per heavy atom. The van der Waals surface area contributed by atoms with Gasteiger partial charge < -0.3 is 14.3 Å². The van der Waals surface area contributed by atoms with Gasteiger partial charge in [0.1, 0.15) is 6.04 Å². The Morgan fingerprint density at radius 3 is 2.86 bits per heavy atom. The molecule has 0 N–H and O–H groups in total. The number of hydrogen-bond donors (Lipinski definition) is 0. The maximum absolute atomic E-state index is 12.5. The van der Waals surface area contributed by atoms with E-state index in [-0.39, 0.29) is 18.0 Å². The lowest BCUT2D eigenvalue weighted by Gasteiger charge is -2.40. The van der Waals surface area contributed by atoms with Crippen LogP contribution in [0, 0.1) is 0 Å². The van der Waals surface area contributed by atoms with Crippen LogP contribution in [0.5, 0.6) is 0 Å². The Balaban J connectivity index is 1.62. The van der Waals surface area contributed by atoms with Crippen LogP contribution in [0.1, 0.15) is 19.8 Å². The second-order valence-corrected chi connectivity index (χ2v) is 5.92. The van der Waals surface area contributed by atoms with E-state index in [0.717, 1.165) is 31.5 Å². The van der Waals surface area contributed by atoms with Crippen molar-refractivity contribution in [3.8, 4) is 11.5 Å². The van der Waals surface area contributed by atoms with Crippen molar-refractivity contribution < 1.29 is 9.32 Å². The van der Waals surface area contributed by atoms with Gasteiger partial charge in [0.2, 0.25) is 5.91 Å². The number of amides is 1. The lowest BCUT2D eigenvalue weighted by atomic mass is 10.1. The topological polar surface area (TPSA) is 62.5 Å². The van der Waals surface area contributed by atoms with Gasteiger partial charge in [-0.05, 0) is 37.1 Å². The number of anilines is 1. The van der Waals surface area contributed by atoms with E-state index in [1.807, 2.05) is 47.1 Å². The second kappa shape index (κ2) is 5.12. The third kappa shape index (κ3) is 2.06. The Hall–Kier alpha value is -2.37. The van der Waals surface area contributed by atoms with Gasteiger partial charge >= 0.3 is 0 Å². The highest BCUT2D eigenvalue weighted by molar-refractivity contribution is 5.86. The molecule has 0 radical (unpaired) electrons. The predicted molar refractivity (Wildman–Crippen MR) is 81.3 cm³/mol. The molecule has 0 aliphatic carbocycles. The summed E-state index contributed by atoms with van der Waals surface area (Å²) in [6.07, 6.45) is 2.14. The largest absolute Gasteiger partial charge is 0.336 e. The molecule has 1 amide bonds. The molecule has 4 rings (SSSR count). The summed E-state index contributed by atoms with van der Waals surface area (Å²) in [5.74, 6) is 1.16. The first-order chi connectivity index (χ1) is 10.7. The van der Waals surface area contributed by atoms with Crippen LogP contribution in [-0.2, 0) is 4.79 Å². The fourth-order valence-electron chi connectivity index (χ4n) is 3.36. The summed E-state index contributed by atoms with van der Waals surface area (Å²) in [5.41, 5.74) is 0.889. The molecule has 0 spiro atoms. The monoisotopic (exact) mass is 298 g/mol. The highest BCUT2D eigenvalue weighted by Crippen LogP contribution is 2.29. The van der Waals surface area contributed by atoms with E-state index in [9.17, 15) is 4.79 Å². The Bertz CT molecular complexity index is 684. The molecule has 6 heteroatoms. The lowest BCUT2D eigenvalue weighted by Crippen LogP contribution is -2.59. The molecule has 1 aromatic heterocycles. The minimum atomic E-state index is -0.240. The van der Waals surface area contributed by atoms with Crippen LogP contribution in [0.4, 0.5) is 5.95 Å².